The van der Waals surface area contributed by atoms with E-state index < -0.39 is 0 Å². The summed E-state index contributed by atoms with van der Waals surface area (Å²) in [4.78, 5) is 2.35. The van der Waals surface area contributed by atoms with Gasteiger partial charge >= 0.3 is 0 Å². The van der Waals surface area contributed by atoms with Gasteiger partial charge in [0.1, 0.15) is 12.4 Å². The van der Waals surface area contributed by atoms with E-state index in [4.69, 9.17) is 5.11 Å². The van der Waals surface area contributed by atoms with Crippen LogP contribution in [-0.2, 0) is 6.54 Å². The summed E-state index contributed by atoms with van der Waals surface area (Å²) >= 11 is 0. The molecule has 0 saturated carbocycles. The zero-order valence-corrected chi connectivity index (χ0v) is 11.5. The van der Waals surface area contributed by atoms with E-state index in [9.17, 15) is 4.39 Å². The maximum absolute atomic E-state index is 13.5. The van der Waals surface area contributed by atoms with Crippen LogP contribution in [0.25, 0.3) is 0 Å². The zero-order valence-electron chi connectivity index (χ0n) is 11.5. The fourth-order valence-electron chi connectivity index (χ4n) is 2.57. The Kier molecular flexibility index (Phi) is 4.24. The summed E-state index contributed by atoms with van der Waals surface area (Å²) in [6.07, 6.45) is 1.18. The van der Waals surface area contributed by atoms with Crippen molar-refractivity contribution in [1.29, 1.82) is 0 Å². The highest BCUT2D eigenvalue weighted by Crippen LogP contribution is 2.29. The Labute approximate surface area is 114 Å². The topological polar surface area (TPSA) is 23.5 Å². The van der Waals surface area contributed by atoms with Crippen molar-refractivity contribution in [3.63, 3.8) is 0 Å². The normalized spacial score (nSPS) is 18.1. The Hall–Kier alpha value is -1.37. The molecule has 0 aliphatic carbocycles. The summed E-state index contributed by atoms with van der Waals surface area (Å²) in [7, 11) is 0. The predicted molar refractivity (Wildman–Crippen MR) is 74.0 cm³/mol. The Bertz CT molecular complexity index is 513. The molecule has 1 fully saturated rings. The Morgan fingerprint density at radius 3 is 2.79 bits per heavy atom. The fraction of sp³-hybridized carbons (Fsp3) is 0.500. The van der Waals surface area contributed by atoms with Gasteiger partial charge in [-0.25, -0.2) is 4.39 Å². The van der Waals surface area contributed by atoms with E-state index in [2.05, 4.69) is 30.6 Å². The minimum absolute atomic E-state index is 0.202. The summed E-state index contributed by atoms with van der Waals surface area (Å²) < 4.78 is 13.5. The van der Waals surface area contributed by atoms with Gasteiger partial charge in [-0.2, -0.15) is 0 Å². The van der Waals surface area contributed by atoms with Gasteiger partial charge in [-0.05, 0) is 42.1 Å². The molecule has 2 rings (SSSR count). The van der Waals surface area contributed by atoms with Gasteiger partial charge in [-0.15, -0.1) is 0 Å². The smallest absolute Gasteiger partial charge is 0.124 e. The number of benzene rings is 1. The molecule has 19 heavy (non-hydrogen) atoms. The molecule has 3 heteroatoms. The molecule has 1 aliphatic heterocycles. The van der Waals surface area contributed by atoms with Gasteiger partial charge in [0.05, 0.1) is 0 Å². The van der Waals surface area contributed by atoms with Crippen LogP contribution in [0.3, 0.4) is 0 Å². The van der Waals surface area contributed by atoms with Crippen LogP contribution in [0.4, 0.5) is 4.39 Å². The van der Waals surface area contributed by atoms with E-state index in [1.165, 1.54) is 12.5 Å². The fourth-order valence-corrected chi connectivity index (χ4v) is 2.57. The van der Waals surface area contributed by atoms with Crippen molar-refractivity contribution >= 4 is 0 Å². The maximum Gasteiger partial charge on any atom is 0.124 e. The van der Waals surface area contributed by atoms with E-state index in [-0.39, 0.29) is 12.4 Å². The van der Waals surface area contributed by atoms with Crippen LogP contribution >= 0.6 is 0 Å². The number of hydrogen-bond donors (Lipinski definition) is 1. The first-order valence-corrected chi connectivity index (χ1v) is 6.60. The lowest BCUT2D eigenvalue weighted by Gasteiger charge is -2.19. The maximum atomic E-state index is 13.5. The molecular weight excluding hydrogens is 241 g/mol. The van der Waals surface area contributed by atoms with Crippen molar-refractivity contribution < 1.29 is 9.50 Å². The van der Waals surface area contributed by atoms with Crippen molar-refractivity contribution in [2.24, 2.45) is 5.41 Å². The minimum atomic E-state index is -0.266. The van der Waals surface area contributed by atoms with Gasteiger partial charge < -0.3 is 5.11 Å². The van der Waals surface area contributed by atoms with Crippen molar-refractivity contribution in [3.8, 4) is 11.8 Å². The van der Waals surface area contributed by atoms with Gasteiger partial charge in [-0.3, -0.25) is 4.90 Å². The number of aliphatic hydroxyl groups is 1. The molecule has 1 aromatic rings. The molecule has 0 unspecified atom stereocenters. The highest BCUT2D eigenvalue weighted by molar-refractivity contribution is 5.37. The lowest BCUT2D eigenvalue weighted by molar-refractivity contribution is 0.284. The third-order valence-electron chi connectivity index (χ3n) is 3.43. The predicted octanol–water partition coefficient (Wildman–Crippen LogP) is 2.40. The summed E-state index contributed by atoms with van der Waals surface area (Å²) in [5.74, 6) is 5.04. The van der Waals surface area contributed by atoms with Crippen LogP contribution in [0.15, 0.2) is 18.2 Å². The second-order valence-corrected chi connectivity index (χ2v) is 5.93. The summed E-state index contributed by atoms with van der Waals surface area (Å²) in [6, 6.07) is 4.87. The molecule has 0 spiro atoms. The van der Waals surface area contributed by atoms with Gasteiger partial charge in [0, 0.05) is 18.7 Å². The molecule has 0 atom stereocenters. The Morgan fingerprint density at radius 2 is 2.16 bits per heavy atom. The first kappa shape index (κ1) is 14.0. The average molecular weight is 261 g/mol. The van der Waals surface area contributed by atoms with E-state index in [0.717, 1.165) is 25.2 Å². The van der Waals surface area contributed by atoms with Crippen LogP contribution < -0.4 is 0 Å². The molecule has 0 amide bonds. The van der Waals surface area contributed by atoms with Gasteiger partial charge in [0.2, 0.25) is 0 Å². The second kappa shape index (κ2) is 5.73. The van der Waals surface area contributed by atoms with Crippen molar-refractivity contribution in [2.75, 3.05) is 19.7 Å². The molecule has 1 saturated heterocycles. The average Bonchev–Trinajstić information content (AvgIpc) is 2.65. The molecule has 1 N–H and O–H groups in total. The minimum Gasteiger partial charge on any atom is -0.384 e. The molecule has 1 aromatic carbocycles. The van der Waals surface area contributed by atoms with E-state index >= 15 is 0 Å². The molecule has 0 bridgehead atoms. The standard InChI is InChI=1S/C16H20FNO/c1-16(2)5-6-18(12-16)11-14-8-13(4-3-7-19)9-15(17)10-14/h8-10,19H,5-7,11-12H2,1-2H3. The highest BCUT2D eigenvalue weighted by Gasteiger charge is 2.28. The first-order chi connectivity index (χ1) is 8.98. The largest absolute Gasteiger partial charge is 0.384 e. The Morgan fingerprint density at radius 1 is 1.37 bits per heavy atom. The molecule has 2 nitrogen and oxygen atoms in total. The van der Waals surface area contributed by atoms with Crippen molar-refractivity contribution in [2.45, 2.75) is 26.8 Å². The molecular formula is C16H20FNO. The Balaban J connectivity index is 2.10. The molecule has 0 aromatic heterocycles. The van der Waals surface area contributed by atoms with Crippen LogP contribution in [0, 0.1) is 23.1 Å². The number of halogens is 1. The van der Waals surface area contributed by atoms with Gasteiger partial charge in [-0.1, -0.05) is 25.7 Å². The van der Waals surface area contributed by atoms with Crippen LogP contribution in [0.2, 0.25) is 0 Å². The van der Waals surface area contributed by atoms with Crippen LogP contribution in [-0.4, -0.2) is 29.7 Å². The molecule has 0 radical (unpaired) electrons. The number of nitrogens with zero attached hydrogens (tertiary/aromatic N) is 1. The SMILES string of the molecule is CC1(C)CCN(Cc2cc(F)cc(C#CCO)c2)C1. The van der Waals surface area contributed by atoms with Crippen LogP contribution in [0.1, 0.15) is 31.4 Å². The third-order valence-corrected chi connectivity index (χ3v) is 3.43. The van der Waals surface area contributed by atoms with E-state index in [1.807, 2.05) is 6.07 Å². The zero-order chi connectivity index (χ0) is 13.9. The first-order valence-electron chi connectivity index (χ1n) is 6.60. The van der Waals surface area contributed by atoms with Gasteiger partial charge in [0.15, 0.2) is 0 Å². The van der Waals surface area contributed by atoms with E-state index in [0.29, 0.717) is 11.0 Å². The summed E-state index contributed by atoms with van der Waals surface area (Å²) in [6.45, 7) is 7.18. The molecule has 1 aliphatic rings. The lowest BCUT2D eigenvalue weighted by atomic mass is 9.93. The number of likely N-dealkylation sites (tertiary alicyclic amines) is 1. The molecule has 1 heterocycles. The monoisotopic (exact) mass is 261 g/mol. The summed E-state index contributed by atoms with van der Waals surface area (Å²) in [5, 5.41) is 8.68. The third kappa shape index (κ3) is 4.05. The lowest BCUT2D eigenvalue weighted by Crippen LogP contribution is -2.22. The van der Waals surface area contributed by atoms with E-state index in [1.54, 1.807) is 6.07 Å². The van der Waals surface area contributed by atoms with Gasteiger partial charge in [0.25, 0.3) is 0 Å². The second-order valence-electron chi connectivity index (χ2n) is 5.93. The van der Waals surface area contributed by atoms with Crippen molar-refractivity contribution in [3.05, 3.63) is 35.1 Å². The highest BCUT2D eigenvalue weighted by atomic mass is 19.1. The van der Waals surface area contributed by atoms with Crippen LogP contribution in [0.5, 0.6) is 0 Å². The van der Waals surface area contributed by atoms with Crippen molar-refractivity contribution in [1.82, 2.24) is 4.90 Å². The number of aliphatic hydroxyl groups excluding tert-OH is 1. The number of hydrogen-bond acceptors (Lipinski definition) is 2. The summed E-state index contributed by atoms with van der Waals surface area (Å²) in [5.41, 5.74) is 1.93. The molecule has 102 valence electrons. The number of rotatable bonds is 2. The quantitative estimate of drug-likeness (QED) is 0.826.